The van der Waals surface area contributed by atoms with Crippen LogP contribution in [0.25, 0.3) is 11.7 Å². The summed E-state index contributed by atoms with van der Waals surface area (Å²) < 4.78 is 1.98. The Hall–Kier alpha value is -2.91. The lowest BCUT2D eigenvalue weighted by Crippen LogP contribution is -2.40. The zero-order valence-electron chi connectivity index (χ0n) is 21.9. The normalized spacial score (nSPS) is 12.0. The molecule has 194 valence electrons. The lowest BCUT2D eigenvalue weighted by molar-refractivity contribution is -0.124. The van der Waals surface area contributed by atoms with Crippen molar-refractivity contribution in [2.75, 3.05) is 39.0 Å². The summed E-state index contributed by atoms with van der Waals surface area (Å²) in [5, 5.41) is 15.2. The van der Waals surface area contributed by atoms with Gasteiger partial charge in [0, 0.05) is 38.3 Å². The fraction of sp³-hybridized carbons (Fsp3) is 0.577. The van der Waals surface area contributed by atoms with Crippen LogP contribution >= 0.6 is 0 Å². The minimum absolute atomic E-state index is 0.00387. The molecule has 35 heavy (non-hydrogen) atoms. The molecule has 9 nitrogen and oxygen atoms in total. The smallest absolute Gasteiger partial charge is 0.267 e. The van der Waals surface area contributed by atoms with Crippen molar-refractivity contribution in [3.05, 3.63) is 35.7 Å². The van der Waals surface area contributed by atoms with Gasteiger partial charge in [-0.05, 0) is 56.1 Å². The zero-order chi connectivity index (χ0) is 25.8. The minimum Gasteiger partial charge on any atom is -0.369 e. The molecule has 2 aromatic rings. The molecular weight excluding hydrogens is 444 g/mol. The number of amides is 2. The molecule has 0 spiro atoms. The van der Waals surface area contributed by atoms with Crippen LogP contribution in [0.15, 0.2) is 24.4 Å². The Labute approximate surface area is 208 Å². The highest BCUT2D eigenvalue weighted by atomic mass is 16.5. The van der Waals surface area contributed by atoms with E-state index in [9.17, 15) is 9.59 Å². The molecule has 0 bridgehead atoms. The number of hydrogen-bond donors (Lipinski definition) is 4. The number of anilines is 1. The third-order valence-electron chi connectivity index (χ3n) is 5.68. The second kappa shape index (κ2) is 13.8. The van der Waals surface area contributed by atoms with Crippen molar-refractivity contribution in [2.24, 2.45) is 5.41 Å². The van der Waals surface area contributed by atoms with Crippen molar-refractivity contribution < 1.29 is 14.8 Å². The summed E-state index contributed by atoms with van der Waals surface area (Å²) in [7, 11) is 4.07. The van der Waals surface area contributed by atoms with E-state index < -0.39 is 5.91 Å². The first kappa shape index (κ1) is 28.3. The predicted octanol–water partition coefficient (Wildman–Crippen LogP) is 3.48. The summed E-state index contributed by atoms with van der Waals surface area (Å²) in [6.07, 6.45) is 10.6. The highest BCUT2D eigenvalue weighted by molar-refractivity contribution is 5.91. The number of fused-ring (bicyclic) bond motifs is 1. The van der Waals surface area contributed by atoms with E-state index in [-0.39, 0.29) is 11.3 Å². The number of hydroxylamine groups is 1. The van der Waals surface area contributed by atoms with Gasteiger partial charge in [0.05, 0.1) is 5.69 Å². The Morgan fingerprint density at radius 3 is 2.69 bits per heavy atom. The van der Waals surface area contributed by atoms with Gasteiger partial charge in [0.2, 0.25) is 5.91 Å². The van der Waals surface area contributed by atoms with Gasteiger partial charge in [-0.3, -0.25) is 19.2 Å². The lowest BCUT2D eigenvalue weighted by Gasteiger charge is -2.28. The van der Waals surface area contributed by atoms with Crippen LogP contribution in [0.2, 0.25) is 0 Å². The first-order valence-electron chi connectivity index (χ1n) is 12.4. The number of pyridine rings is 1. The molecule has 0 aliphatic carbocycles. The highest BCUT2D eigenvalue weighted by Crippen LogP contribution is 2.22. The zero-order valence-corrected chi connectivity index (χ0v) is 21.9. The van der Waals surface area contributed by atoms with E-state index in [1.54, 1.807) is 11.6 Å². The Morgan fingerprint density at radius 2 is 2.00 bits per heavy atom. The molecular formula is C26H42N6O3. The van der Waals surface area contributed by atoms with E-state index in [1.807, 2.05) is 36.8 Å². The van der Waals surface area contributed by atoms with Crippen molar-refractivity contribution in [1.29, 1.82) is 0 Å². The van der Waals surface area contributed by atoms with Crippen molar-refractivity contribution in [3.63, 3.8) is 0 Å². The quantitative estimate of drug-likeness (QED) is 0.133. The molecule has 0 atom stereocenters. The Bertz CT molecular complexity index is 996. The van der Waals surface area contributed by atoms with Gasteiger partial charge in [-0.15, -0.1) is 0 Å². The van der Waals surface area contributed by atoms with E-state index in [0.29, 0.717) is 19.5 Å². The maximum Gasteiger partial charge on any atom is 0.267 e. The second-order valence-electron chi connectivity index (χ2n) is 10.1. The topological polar surface area (TPSA) is 111 Å². The Kier molecular flexibility index (Phi) is 11.2. The van der Waals surface area contributed by atoms with Gasteiger partial charge in [-0.25, -0.2) is 10.5 Å². The summed E-state index contributed by atoms with van der Waals surface area (Å²) in [5.74, 6) is 0.341. The van der Waals surface area contributed by atoms with Crippen molar-refractivity contribution in [3.8, 4) is 0 Å². The predicted molar refractivity (Wildman–Crippen MR) is 140 cm³/mol. The number of aromatic nitrogens is 2. The summed E-state index contributed by atoms with van der Waals surface area (Å²) >= 11 is 0. The van der Waals surface area contributed by atoms with Gasteiger partial charge in [-0.2, -0.15) is 0 Å². The van der Waals surface area contributed by atoms with Crippen LogP contribution in [-0.2, 0) is 16.0 Å². The SMILES string of the molecule is CCCCCCc1nc2cc(C=CC(=O)NO)ccn2c1NCCC(=O)NCC(C)(C)CN(C)C. The Balaban J connectivity index is 2.07. The van der Waals surface area contributed by atoms with E-state index in [2.05, 4.69) is 36.3 Å². The molecule has 2 amide bonds. The summed E-state index contributed by atoms with van der Waals surface area (Å²) in [5.41, 5.74) is 4.13. The monoisotopic (exact) mass is 486 g/mol. The van der Waals surface area contributed by atoms with Crippen LogP contribution < -0.4 is 16.1 Å². The summed E-state index contributed by atoms with van der Waals surface area (Å²) in [4.78, 5) is 30.7. The van der Waals surface area contributed by atoms with Crippen LogP contribution in [0.3, 0.4) is 0 Å². The van der Waals surface area contributed by atoms with Gasteiger partial charge >= 0.3 is 0 Å². The van der Waals surface area contributed by atoms with E-state index >= 15 is 0 Å². The van der Waals surface area contributed by atoms with E-state index in [0.717, 1.165) is 48.5 Å². The molecule has 4 N–H and O–H groups in total. The summed E-state index contributed by atoms with van der Waals surface area (Å²) in [6.45, 7) is 8.52. The number of carbonyl (C=O) groups is 2. The maximum atomic E-state index is 12.4. The van der Waals surface area contributed by atoms with E-state index in [4.69, 9.17) is 10.2 Å². The molecule has 0 radical (unpaired) electrons. The van der Waals surface area contributed by atoms with E-state index in [1.165, 1.54) is 18.9 Å². The number of hydrogen-bond acceptors (Lipinski definition) is 6. The average Bonchev–Trinajstić information content (AvgIpc) is 3.14. The van der Waals surface area contributed by atoms with Gasteiger partial charge < -0.3 is 15.5 Å². The maximum absolute atomic E-state index is 12.4. The van der Waals surface area contributed by atoms with Gasteiger partial charge in [0.1, 0.15) is 11.5 Å². The van der Waals surface area contributed by atoms with Crippen LogP contribution in [0.1, 0.15) is 64.1 Å². The number of carbonyl (C=O) groups excluding carboxylic acids is 2. The van der Waals surface area contributed by atoms with Crippen molar-refractivity contribution in [1.82, 2.24) is 25.1 Å². The minimum atomic E-state index is -0.587. The average molecular weight is 487 g/mol. The molecule has 0 aliphatic heterocycles. The van der Waals surface area contributed by atoms with Crippen molar-refractivity contribution >= 4 is 29.4 Å². The van der Waals surface area contributed by atoms with Crippen LogP contribution in [-0.4, -0.2) is 65.0 Å². The van der Waals surface area contributed by atoms with Crippen molar-refractivity contribution in [2.45, 2.75) is 59.3 Å². The first-order valence-corrected chi connectivity index (χ1v) is 12.4. The largest absolute Gasteiger partial charge is 0.369 e. The molecule has 2 rings (SSSR count). The molecule has 2 aromatic heterocycles. The van der Waals surface area contributed by atoms with Crippen LogP contribution in [0.5, 0.6) is 0 Å². The fourth-order valence-corrected chi connectivity index (χ4v) is 4.14. The molecule has 0 saturated carbocycles. The Morgan fingerprint density at radius 1 is 1.23 bits per heavy atom. The van der Waals surface area contributed by atoms with Gasteiger partial charge in [0.25, 0.3) is 5.91 Å². The van der Waals surface area contributed by atoms with Crippen LogP contribution in [0.4, 0.5) is 5.82 Å². The molecule has 9 heteroatoms. The molecule has 2 heterocycles. The highest BCUT2D eigenvalue weighted by Gasteiger charge is 2.20. The molecule has 0 fully saturated rings. The third kappa shape index (κ3) is 9.70. The summed E-state index contributed by atoms with van der Waals surface area (Å²) in [6, 6.07) is 3.77. The molecule has 0 aliphatic rings. The molecule has 0 saturated heterocycles. The number of nitrogens with zero attached hydrogens (tertiary/aromatic N) is 3. The number of unbranched alkanes of at least 4 members (excludes halogenated alkanes) is 3. The second-order valence-corrected chi connectivity index (χ2v) is 10.1. The number of aryl methyl sites for hydroxylation is 1. The number of nitrogens with one attached hydrogen (secondary N) is 3. The van der Waals surface area contributed by atoms with Gasteiger partial charge in [-0.1, -0.05) is 40.0 Å². The number of rotatable bonds is 15. The molecule has 0 unspecified atom stereocenters. The number of imidazole rings is 1. The lowest BCUT2D eigenvalue weighted by atomic mass is 9.93. The van der Waals surface area contributed by atoms with Crippen LogP contribution in [0, 0.1) is 5.41 Å². The first-order chi connectivity index (χ1) is 16.6. The fourth-order valence-electron chi connectivity index (χ4n) is 4.14. The standard InChI is InChI=1S/C26H42N6O3/c1-6-7-8-9-10-21-25(27-15-13-23(33)28-18-26(2,3)19-31(4)5)32-16-14-20(17-22(32)29-21)11-12-24(34)30-35/h11-12,14,16-17,27,35H,6-10,13,15,18-19H2,1-5H3,(H,28,33)(H,30,34). The third-order valence-corrected chi connectivity index (χ3v) is 5.68. The van der Waals surface area contributed by atoms with Gasteiger partial charge in [0.15, 0.2) is 0 Å². The molecule has 0 aromatic carbocycles.